The molecule has 0 aliphatic rings. The summed E-state index contributed by atoms with van der Waals surface area (Å²) in [5, 5.41) is 3.82. The van der Waals surface area contributed by atoms with E-state index in [0.717, 1.165) is 12.1 Å². The van der Waals surface area contributed by atoms with Crippen LogP contribution < -0.4 is 5.32 Å². The molecule has 0 bridgehead atoms. The van der Waals surface area contributed by atoms with Crippen LogP contribution in [0.4, 0.5) is 18.9 Å². The largest absolute Gasteiger partial charge is 0.416 e. The highest BCUT2D eigenvalue weighted by Gasteiger charge is 2.30. The van der Waals surface area contributed by atoms with Gasteiger partial charge in [0, 0.05) is 32.3 Å². The van der Waals surface area contributed by atoms with Gasteiger partial charge in [0.15, 0.2) is 0 Å². The number of hydrogen-bond donors (Lipinski definition) is 1. The Hall–Kier alpha value is -0.910. The molecular weight excluding hydrogens is 390 g/mol. The van der Waals surface area contributed by atoms with E-state index in [9.17, 15) is 13.2 Å². The molecule has 2 aromatic carbocycles. The van der Waals surface area contributed by atoms with Crippen molar-refractivity contribution in [2.75, 3.05) is 5.32 Å². The average molecular weight is 399 g/mol. The molecule has 0 saturated heterocycles. The van der Waals surface area contributed by atoms with Gasteiger partial charge in [0.05, 0.1) is 5.56 Å². The van der Waals surface area contributed by atoms with Gasteiger partial charge in [-0.3, -0.25) is 0 Å². The first-order chi connectivity index (χ1) is 9.79. The van der Waals surface area contributed by atoms with Gasteiger partial charge < -0.3 is 5.32 Å². The Kier molecular flexibility index (Phi) is 5.07. The highest BCUT2D eigenvalue weighted by atomic mass is 79.9. The topological polar surface area (TPSA) is 12.0 Å². The van der Waals surface area contributed by atoms with Gasteiger partial charge in [-0.15, -0.1) is 0 Å². The van der Waals surface area contributed by atoms with Crippen molar-refractivity contribution in [3.8, 4) is 0 Å². The van der Waals surface area contributed by atoms with E-state index < -0.39 is 11.7 Å². The van der Waals surface area contributed by atoms with Crippen LogP contribution in [-0.2, 0) is 12.7 Å². The third kappa shape index (κ3) is 4.05. The van der Waals surface area contributed by atoms with Crippen molar-refractivity contribution in [3.05, 3.63) is 62.0 Å². The van der Waals surface area contributed by atoms with E-state index in [0.29, 0.717) is 25.8 Å². The molecule has 21 heavy (non-hydrogen) atoms. The second-order valence-electron chi connectivity index (χ2n) is 4.25. The summed E-state index contributed by atoms with van der Waals surface area (Å²) >= 11 is 15.3. The molecular formula is C14H9BrCl2F3N. The smallest absolute Gasteiger partial charge is 0.380 e. The fourth-order valence-corrected chi connectivity index (χ4v) is 2.64. The van der Waals surface area contributed by atoms with Crippen molar-refractivity contribution in [2.24, 2.45) is 0 Å². The summed E-state index contributed by atoms with van der Waals surface area (Å²) < 4.78 is 38.6. The number of hydrogen-bond acceptors (Lipinski definition) is 1. The Morgan fingerprint density at radius 3 is 2.24 bits per heavy atom. The van der Waals surface area contributed by atoms with Crippen LogP contribution in [0.25, 0.3) is 0 Å². The van der Waals surface area contributed by atoms with E-state index in [-0.39, 0.29) is 6.54 Å². The number of rotatable bonds is 3. The zero-order valence-electron chi connectivity index (χ0n) is 10.4. The molecule has 0 unspecified atom stereocenters. The van der Waals surface area contributed by atoms with Crippen molar-refractivity contribution in [1.82, 2.24) is 0 Å². The predicted octanol–water partition coefficient (Wildman–Crippen LogP) is 6.39. The minimum atomic E-state index is -4.39. The molecule has 0 radical (unpaired) electrons. The first-order valence-corrected chi connectivity index (χ1v) is 7.37. The maximum absolute atomic E-state index is 12.7. The van der Waals surface area contributed by atoms with Crippen LogP contribution in [0.15, 0.2) is 40.9 Å². The normalized spacial score (nSPS) is 11.5. The lowest BCUT2D eigenvalue weighted by molar-refractivity contribution is -0.137. The molecule has 2 aromatic rings. The van der Waals surface area contributed by atoms with E-state index >= 15 is 0 Å². The summed E-state index contributed by atoms with van der Waals surface area (Å²) in [4.78, 5) is 0. The van der Waals surface area contributed by atoms with Gasteiger partial charge in [-0.25, -0.2) is 0 Å². The number of benzene rings is 2. The van der Waals surface area contributed by atoms with Gasteiger partial charge in [-0.2, -0.15) is 13.2 Å². The molecule has 0 aromatic heterocycles. The lowest BCUT2D eigenvalue weighted by Gasteiger charge is -2.14. The van der Waals surface area contributed by atoms with Gasteiger partial charge in [-0.1, -0.05) is 29.3 Å². The molecule has 0 fully saturated rings. The maximum atomic E-state index is 12.7. The summed E-state index contributed by atoms with van der Waals surface area (Å²) in [6.45, 7) is 0.221. The molecule has 1 N–H and O–H groups in total. The first-order valence-electron chi connectivity index (χ1n) is 5.82. The molecule has 0 aliphatic carbocycles. The maximum Gasteiger partial charge on any atom is 0.416 e. The van der Waals surface area contributed by atoms with Gasteiger partial charge in [0.25, 0.3) is 0 Å². The Bertz CT molecular complexity index is 639. The second kappa shape index (κ2) is 6.46. The predicted molar refractivity (Wildman–Crippen MR) is 82.9 cm³/mol. The van der Waals surface area contributed by atoms with E-state index in [1.807, 2.05) is 0 Å². The quantitative estimate of drug-likeness (QED) is 0.631. The van der Waals surface area contributed by atoms with Crippen molar-refractivity contribution >= 4 is 44.8 Å². The van der Waals surface area contributed by atoms with E-state index in [1.165, 1.54) is 6.07 Å². The molecule has 0 atom stereocenters. The number of halogens is 6. The summed E-state index contributed by atoms with van der Waals surface area (Å²) in [5.41, 5.74) is 0.226. The molecule has 7 heteroatoms. The molecule has 2 rings (SSSR count). The van der Waals surface area contributed by atoms with Crippen LogP contribution in [-0.4, -0.2) is 0 Å². The molecule has 0 aliphatic heterocycles. The number of alkyl halides is 3. The summed E-state index contributed by atoms with van der Waals surface area (Å²) in [5.74, 6) is 0. The fraction of sp³-hybridized carbons (Fsp3) is 0.143. The average Bonchev–Trinajstić information content (AvgIpc) is 2.38. The van der Waals surface area contributed by atoms with Crippen LogP contribution in [0.2, 0.25) is 10.0 Å². The Morgan fingerprint density at radius 2 is 1.67 bits per heavy atom. The van der Waals surface area contributed by atoms with Crippen molar-refractivity contribution in [1.29, 1.82) is 0 Å². The Morgan fingerprint density at radius 1 is 1.05 bits per heavy atom. The second-order valence-corrected chi connectivity index (χ2v) is 5.91. The minimum absolute atomic E-state index is 0.221. The zero-order chi connectivity index (χ0) is 15.6. The number of anilines is 1. The monoisotopic (exact) mass is 397 g/mol. The third-order valence-electron chi connectivity index (χ3n) is 2.81. The van der Waals surface area contributed by atoms with Crippen molar-refractivity contribution < 1.29 is 13.2 Å². The van der Waals surface area contributed by atoms with Crippen LogP contribution in [0.3, 0.4) is 0 Å². The fourth-order valence-electron chi connectivity index (χ4n) is 1.72. The van der Waals surface area contributed by atoms with Gasteiger partial charge >= 0.3 is 6.18 Å². The van der Waals surface area contributed by atoms with Crippen molar-refractivity contribution in [2.45, 2.75) is 12.7 Å². The zero-order valence-corrected chi connectivity index (χ0v) is 13.5. The highest BCUT2D eigenvalue weighted by molar-refractivity contribution is 9.10. The molecule has 1 nitrogen and oxygen atoms in total. The minimum Gasteiger partial charge on any atom is -0.380 e. The van der Waals surface area contributed by atoms with Crippen LogP contribution in [0.1, 0.15) is 11.1 Å². The van der Waals surface area contributed by atoms with E-state index in [1.54, 1.807) is 18.2 Å². The molecule has 0 heterocycles. The molecule has 0 amide bonds. The summed E-state index contributed by atoms with van der Waals surface area (Å²) in [7, 11) is 0. The summed E-state index contributed by atoms with van der Waals surface area (Å²) in [6, 6.07) is 8.44. The summed E-state index contributed by atoms with van der Waals surface area (Å²) in [6.07, 6.45) is -4.39. The Labute approximate surface area is 138 Å². The lowest BCUT2D eigenvalue weighted by Crippen LogP contribution is -2.07. The van der Waals surface area contributed by atoms with E-state index in [2.05, 4.69) is 21.2 Å². The number of nitrogens with one attached hydrogen (secondary N) is 1. The van der Waals surface area contributed by atoms with Crippen LogP contribution in [0, 0.1) is 0 Å². The first kappa shape index (κ1) is 16.5. The molecule has 112 valence electrons. The highest BCUT2D eigenvalue weighted by Crippen LogP contribution is 2.34. The van der Waals surface area contributed by atoms with Gasteiger partial charge in [0.1, 0.15) is 0 Å². The SMILES string of the molecule is FC(F)(F)c1ccc(Br)c(NCc2c(Cl)cccc2Cl)c1. The Balaban J connectivity index is 2.24. The van der Waals surface area contributed by atoms with Crippen LogP contribution >= 0.6 is 39.1 Å². The van der Waals surface area contributed by atoms with Crippen LogP contribution in [0.5, 0.6) is 0 Å². The van der Waals surface area contributed by atoms with Gasteiger partial charge in [0.2, 0.25) is 0 Å². The lowest BCUT2D eigenvalue weighted by atomic mass is 10.1. The standard InChI is InChI=1S/C14H9BrCl2F3N/c15-10-5-4-8(14(18,19)20)6-13(10)21-7-9-11(16)2-1-3-12(9)17/h1-6,21H,7H2. The third-order valence-corrected chi connectivity index (χ3v) is 4.21. The van der Waals surface area contributed by atoms with Crippen molar-refractivity contribution in [3.63, 3.8) is 0 Å². The molecule has 0 saturated carbocycles. The van der Waals surface area contributed by atoms with Gasteiger partial charge in [-0.05, 0) is 46.3 Å². The van der Waals surface area contributed by atoms with E-state index in [4.69, 9.17) is 23.2 Å². The molecule has 0 spiro atoms.